The van der Waals surface area contributed by atoms with Crippen LogP contribution in [0.1, 0.15) is 18.4 Å². The summed E-state index contributed by atoms with van der Waals surface area (Å²) in [7, 11) is -3.29. The minimum atomic E-state index is -3.29. The highest BCUT2D eigenvalue weighted by Crippen LogP contribution is 2.28. The molecule has 0 spiro atoms. The van der Waals surface area contributed by atoms with Gasteiger partial charge in [0.05, 0.1) is 5.75 Å². The maximum atomic E-state index is 12.4. The molecule has 1 aromatic rings. The van der Waals surface area contributed by atoms with Crippen LogP contribution in [0.15, 0.2) is 30.3 Å². The molecule has 25 heavy (non-hydrogen) atoms. The van der Waals surface area contributed by atoms with Crippen LogP contribution in [0.25, 0.3) is 0 Å². The number of piperazine rings is 1. The Morgan fingerprint density at radius 2 is 1.72 bits per heavy atom. The van der Waals surface area contributed by atoms with Crippen molar-refractivity contribution in [2.45, 2.75) is 19.4 Å². The minimum Gasteiger partial charge on any atom is -0.355 e. The Labute approximate surface area is 156 Å². The highest BCUT2D eigenvalue weighted by atomic mass is 35.5. The van der Waals surface area contributed by atoms with Gasteiger partial charge in [-0.2, -0.15) is 4.31 Å². The molecule has 1 aliphatic carbocycles. The second kappa shape index (κ2) is 8.98. The lowest BCUT2D eigenvalue weighted by Crippen LogP contribution is -2.49. The van der Waals surface area contributed by atoms with E-state index in [9.17, 15) is 13.2 Å². The number of benzene rings is 1. The van der Waals surface area contributed by atoms with Crippen molar-refractivity contribution in [1.29, 1.82) is 0 Å². The maximum absolute atomic E-state index is 12.4. The number of hydrogen-bond donors (Lipinski definition) is 1. The number of carbonyl (C=O) groups excluding carboxylic acids is 1. The van der Waals surface area contributed by atoms with Gasteiger partial charge in [0.1, 0.15) is 0 Å². The van der Waals surface area contributed by atoms with E-state index in [1.54, 1.807) is 4.31 Å². The summed E-state index contributed by atoms with van der Waals surface area (Å²) in [4.78, 5) is 13.8. The molecule has 140 valence electrons. The van der Waals surface area contributed by atoms with Crippen LogP contribution in [0.4, 0.5) is 0 Å². The van der Waals surface area contributed by atoms with E-state index in [1.165, 1.54) is 5.56 Å². The van der Waals surface area contributed by atoms with Gasteiger partial charge in [-0.15, -0.1) is 12.4 Å². The van der Waals surface area contributed by atoms with Crippen LogP contribution >= 0.6 is 12.4 Å². The number of rotatable bonds is 7. The standard InChI is InChI=1S/C17H25N3O3S.ClH/c21-17(16-6-7-16)18-8-13-24(22,23)20-11-9-19(10-12-20)14-15-4-2-1-3-5-15;/h1-5,16H,6-14H2,(H,18,21);1H. The molecule has 1 aromatic carbocycles. The Kier molecular flexibility index (Phi) is 7.25. The monoisotopic (exact) mass is 387 g/mol. The molecule has 0 aromatic heterocycles. The van der Waals surface area contributed by atoms with Crippen molar-refractivity contribution < 1.29 is 13.2 Å². The molecule has 1 N–H and O–H groups in total. The summed E-state index contributed by atoms with van der Waals surface area (Å²) in [6.45, 7) is 3.58. The third kappa shape index (κ3) is 5.95. The summed E-state index contributed by atoms with van der Waals surface area (Å²) in [6, 6.07) is 10.2. The smallest absolute Gasteiger partial charge is 0.223 e. The van der Waals surface area contributed by atoms with Crippen molar-refractivity contribution in [3.63, 3.8) is 0 Å². The zero-order chi connectivity index (χ0) is 17.0. The molecule has 6 nitrogen and oxygen atoms in total. The van der Waals surface area contributed by atoms with Crippen molar-refractivity contribution in [1.82, 2.24) is 14.5 Å². The van der Waals surface area contributed by atoms with Crippen LogP contribution in [0.5, 0.6) is 0 Å². The molecule has 1 aliphatic heterocycles. The largest absolute Gasteiger partial charge is 0.355 e. The summed E-state index contributed by atoms with van der Waals surface area (Å²) in [5.74, 6) is 0.108. The second-order valence-electron chi connectivity index (χ2n) is 6.54. The van der Waals surface area contributed by atoms with Gasteiger partial charge < -0.3 is 5.32 Å². The van der Waals surface area contributed by atoms with Crippen molar-refractivity contribution in [3.8, 4) is 0 Å². The fourth-order valence-electron chi connectivity index (χ4n) is 2.93. The SMILES string of the molecule is Cl.O=C(NCCS(=O)(=O)N1CCN(Cc2ccccc2)CC1)C1CC1. The third-order valence-corrected chi connectivity index (χ3v) is 6.45. The summed E-state index contributed by atoms with van der Waals surface area (Å²) in [5.41, 5.74) is 1.25. The molecule has 1 amide bonds. The normalized spacial score (nSPS) is 19.2. The number of hydrogen-bond acceptors (Lipinski definition) is 4. The van der Waals surface area contributed by atoms with E-state index in [0.717, 1.165) is 32.5 Å². The van der Waals surface area contributed by atoms with E-state index in [1.807, 2.05) is 18.2 Å². The van der Waals surface area contributed by atoms with Gasteiger partial charge >= 0.3 is 0 Å². The molecule has 0 radical (unpaired) electrons. The van der Waals surface area contributed by atoms with Crippen LogP contribution in [0.3, 0.4) is 0 Å². The molecule has 0 atom stereocenters. The van der Waals surface area contributed by atoms with Gasteiger partial charge in [-0.3, -0.25) is 9.69 Å². The van der Waals surface area contributed by atoms with Gasteiger partial charge in [-0.25, -0.2) is 8.42 Å². The first-order valence-electron chi connectivity index (χ1n) is 8.56. The predicted molar refractivity (Wildman–Crippen MR) is 100 cm³/mol. The lowest BCUT2D eigenvalue weighted by molar-refractivity contribution is -0.122. The average Bonchev–Trinajstić information content (AvgIpc) is 3.41. The highest BCUT2D eigenvalue weighted by molar-refractivity contribution is 7.89. The summed E-state index contributed by atoms with van der Waals surface area (Å²) in [5, 5.41) is 2.73. The topological polar surface area (TPSA) is 69.7 Å². The van der Waals surface area contributed by atoms with E-state index >= 15 is 0 Å². The first-order valence-corrected chi connectivity index (χ1v) is 10.2. The van der Waals surface area contributed by atoms with E-state index in [4.69, 9.17) is 0 Å². The Bertz CT molecular complexity index is 657. The van der Waals surface area contributed by atoms with Crippen molar-refractivity contribution in [2.24, 2.45) is 5.92 Å². The molecule has 0 bridgehead atoms. The maximum Gasteiger partial charge on any atom is 0.223 e. The van der Waals surface area contributed by atoms with Gasteiger partial charge in [0, 0.05) is 45.2 Å². The van der Waals surface area contributed by atoms with Gasteiger partial charge in [0.15, 0.2) is 0 Å². The Morgan fingerprint density at radius 1 is 1.08 bits per heavy atom. The first kappa shape index (κ1) is 20.2. The second-order valence-corrected chi connectivity index (χ2v) is 8.63. The summed E-state index contributed by atoms with van der Waals surface area (Å²) < 4.78 is 26.3. The van der Waals surface area contributed by atoms with E-state index in [-0.39, 0.29) is 36.5 Å². The molecule has 0 unspecified atom stereocenters. The average molecular weight is 388 g/mol. The predicted octanol–water partition coefficient (Wildman–Crippen LogP) is 1.08. The summed E-state index contributed by atoms with van der Waals surface area (Å²) >= 11 is 0. The molecule has 8 heteroatoms. The number of sulfonamides is 1. The Balaban J connectivity index is 0.00000225. The number of amides is 1. The summed E-state index contributed by atoms with van der Waals surface area (Å²) in [6.07, 6.45) is 1.86. The highest BCUT2D eigenvalue weighted by Gasteiger charge is 2.30. The van der Waals surface area contributed by atoms with Crippen LogP contribution < -0.4 is 5.32 Å². The molecular weight excluding hydrogens is 362 g/mol. The fraction of sp³-hybridized carbons (Fsp3) is 0.588. The zero-order valence-electron chi connectivity index (χ0n) is 14.3. The van der Waals surface area contributed by atoms with Crippen LogP contribution in [0.2, 0.25) is 0 Å². The minimum absolute atomic E-state index is 0. The van der Waals surface area contributed by atoms with Gasteiger partial charge in [0.2, 0.25) is 15.9 Å². The molecule has 2 fully saturated rings. The molecule has 1 saturated carbocycles. The van der Waals surface area contributed by atoms with Crippen LogP contribution in [-0.4, -0.2) is 62.0 Å². The molecule has 3 rings (SSSR count). The number of halogens is 1. The zero-order valence-corrected chi connectivity index (χ0v) is 15.9. The molecule has 1 heterocycles. The van der Waals surface area contributed by atoms with E-state index in [2.05, 4.69) is 22.3 Å². The van der Waals surface area contributed by atoms with Gasteiger partial charge in [0.25, 0.3) is 0 Å². The molecule has 2 aliphatic rings. The number of nitrogens with one attached hydrogen (secondary N) is 1. The number of nitrogens with zero attached hydrogens (tertiary/aromatic N) is 2. The number of carbonyl (C=O) groups is 1. The quantitative estimate of drug-likeness (QED) is 0.760. The Morgan fingerprint density at radius 3 is 2.32 bits per heavy atom. The van der Waals surface area contributed by atoms with E-state index < -0.39 is 10.0 Å². The Hall–Kier alpha value is -1.15. The lowest BCUT2D eigenvalue weighted by atomic mass is 10.2. The van der Waals surface area contributed by atoms with Crippen molar-refractivity contribution >= 4 is 28.3 Å². The van der Waals surface area contributed by atoms with Crippen molar-refractivity contribution in [3.05, 3.63) is 35.9 Å². The first-order chi connectivity index (χ1) is 11.5. The van der Waals surface area contributed by atoms with E-state index in [0.29, 0.717) is 13.1 Å². The van der Waals surface area contributed by atoms with Crippen molar-refractivity contribution in [2.75, 3.05) is 38.5 Å². The fourth-order valence-corrected chi connectivity index (χ4v) is 4.27. The lowest BCUT2D eigenvalue weighted by Gasteiger charge is -2.34. The molecule has 1 saturated heterocycles. The van der Waals surface area contributed by atoms with Crippen LogP contribution in [-0.2, 0) is 21.4 Å². The third-order valence-electron chi connectivity index (χ3n) is 4.58. The van der Waals surface area contributed by atoms with Gasteiger partial charge in [-0.05, 0) is 18.4 Å². The molecular formula is C17H26ClN3O3S. The van der Waals surface area contributed by atoms with Crippen LogP contribution in [0, 0.1) is 5.92 Å². The van der Waals surface area contributed by atoms with Gasteiger partial charge in [-0.1, -0.05) is 30.3 Å².